The Hall–Kier alpha value is -3.64. The van der Waals surface area contributed by atoms with E-state index in [0.717, 1.165) is 18.4 Å². The molecule has 0 radical (unpaired) electrons. The molecule has 0 amide bonds. The molecule has 0 saturated heterocycles. The van der Waals surface area contributed by atoms with Crippen LogP contribution in [0.1, 0.15) is 47.9 Å². The number of benzene rings is 1. The lowest BCUT2D eigenvalue weighted by Gasteiger charge is -2.18. The van der Waals surface area contributed by atoms with E-state index >= 15 is 0 Å². The highest BCUT2D eigenvalue weighted by atomic mass is 32.1. The average Bonchev–Trinajstić information content (AvgIpc) is 3.31. The van der Waals surface area contributed by atoms with Crippen molar-refractivity contribution in [3.05, 3.63) is 65.9 Å². The summed E-state index contributed by atoms with van der Waals surface area (Å²) in [4.78, 5) is 22.7. The van der Waals surface area contributed by atoms with Gasteiger partial charge in [-0.2, -0.15) is 5.26 Å². The Morgan fingerprint density at radius 3 is 2.97 bits per heavy atom. The van der Waals surface area contributed by atoms with Crippen LogP contribution in [0.25, 0.3) is 0 Å². The number of nitrogens with zero attached hydrogens (tertiary/aromatic N) is 6. The van der Waals surface area contributed by atoms with E-state index in [1.54, 1.807) is 34.2 Å². The molecular formula is C24H26N6O2S. The number of pyridine rings is 1. The predicted molar refractivity (Wildman–Crippen MR) is 129 cm³/mol. The molecule has 9 heteroatoms. The van der Waals surface area contributed by atoms with Crippen molar-refractivity contribution in [2.45, 2.75) is 32.7 Å². The second-order valence-corrected chi connectivity index (χ2v) is 8.06. The maximum Gasteiger partial charge on any atom is 0.217 e. The standard InChI is InChI=1S/C24H26N6O2S/c1-18(15-32-22-10-5-11-26-24(22)29(2)17-33)6-3-9-21(31)23-27-16-30(28-23)14-20-8-4-7-19(12-20)13-25/h4-5,7-8,10-12,16-18H,3,6,9,14-15H2,1-2H3/t18-/m0/s1. The number of thiocarbonyl (C=S) groups is 1. The minimum Gasteiger partial charge on any atom is -0.489 e. The first-order valence-corrected chi connectivity index (χ1v) is 11.1. The van der Waals surface area contributed by atoms with Crippen LogP contribution in [0.4, 0.5) is 5.82 Å². The lowest BCUT2D eigenvalue weighted by molar-refractivity contribution is 0.0966. The first kappa shape index (κ1) is 24.0. The van der Waals surface area contributed by atoms with E-state index in [9.17, 15) is 4.79 Å². The molecule has 170 valence electrons. The molecule has 0 unspecified atom stereocenters. The fourth-order valence-electron chi connectivity index (χ4n) is 3.27. The van der Waals surface area contributed by atoms with Crippen LogP contribution in [0.15, 0.2) is 48.9 Å². The summed E-state index contributed by atoms with van der Waals surface area (Å²) < 4.78 is 7.55. The van der Waals surface area contributed by atoms with Crippen LogP contribution in [0, 0.1) is 17.2 Å². The van der Waals surface area contributed by atoms with Gasteiger partial charge in [-0.25, -0.2) is 14.6 Å². The van der Waals surface area contributed by atoms with Crippen molar-refractivity contribution in [2.75, 3.05) is 18.6 Å². The Kier molecular flexibility index (Phi) is 8.61. The first-order chi connectivity index (χ1) is 16.0. The molecule has 0 aliphatic rings. The molecule has 0 aliphatic carbocycles. The molecule has 0 aliphatic heterocycles. The minimum atomic E-state index is -0.0789. The van der Waals surface area contributed by atoms with Crippen LogP contribution in [-0.4, -0.2) is 44.7 Å². The Bertz CT molecular complexity index is 1140. The zero-order valence-electron chi connectivity index (χ0n) is 18.7. The van der Waals surface area contributed by atoms with E-state index in [1.165, 1.54) is 5.49 Å². The summed E-state index contributed by atoms with van der Waals surface area (Å²) in [6.07, 6.45) is 5.19. The Morgan fingerprint density at radius 1 is 1.33 bits per heavy atom. The fraction of sp³-hybridized carbons (Fsp3) is 0.333. The van der Waals surface area contributed by atoms with Crippen molar-refractivity contribution in [2.24, 2.45) is 5.92 Å². The molecule has 3 rings (SSSR count). The van der Waals surface area contributed by atoms with Crippen molar-refractivity contribution in [3.8, 4) is 11.8 Å². The monoisotopic (exact) mass is 462 g/mol. The predicted octanol–water partition coefficient (Wildman–Crippen LogP) is 4.05. The number of hydrogen-bond donors (Lipinski definition) is 0. The minimum absolute atomic E-state index is 0.0789. The average molecular weight is 463 g/mol. The number of ketones is 1. The lowest BCUT2D eigenvalue weighted by atomic mass is 10.0. The number of carbonyl (C=O) groups is 1. The van der Waals surface area contributed by atoms with Crippen LogP contribution in [-0.2, 0) is 6.54 Å². The number of rotatable bonds is 12. The zero-order valence-corrected chi connectivity index (χ0v) is 19.5. The summed E-state index contributed by atoms with van der Waals surface area (Å²) in [5.41, 5.74) is 3.04. The second kappa shape index (κ2) is 11.8. The van der Waals surface area contributed by atoms with Crippen LogP contribution in [0.5, 0.6) is 5.75 Å². The van der Waals surface area contributed by atoms with Crippen molar-refractivity contribution in [1.29, 1.82) is 5.26 Å². The van der Waals surface area contributed by atoms with Crippen molar-refractivity contribution in [1.82, 2.24) is 19.7 Å². The summed E-state index contributed by atoms with van der Waals surface area (Å²) >= 11 is 4.97. The van der Waals surface area contributed by atoms with Gasteiger partial charge in [0, 0.05) is 19.7 Å². The van der Waals surface area contributed by atoms with Gasteiger partial charge in [-0.1, -0.05) is 31.3 Å². The number of nitriles is 1. The van der Waals surface area contributed by atoms with E-state index in [0.29, 0.717) is 36.7 Å². The van der Waals surface area contributed by atoms with E-state index in [4.69, 9.17) is 22.2 Å². The maximum absolute atomic E-state index is 12.5. The number of anilines is 1. The van der Waals surface area contributed by atoms with Gasteiger partial charge in [-0.3, -0.25) is 4.79 Å². The SMILES string of the molecule is C[C@@H](CCCC(=O)c1ncn(Cc2cccc(C#N)c2)n1)COc1cccnc1N(C)C=S. The Labute approximate surface area is 198 Å². The molecule has 8 nitrogen and oxygen atoms in total. The van der Waals surface area contributed by atoms with Crippen molar-refractivity contribution in [3.63, 3.8) is 0 Å². The quantitative estimate of drug-likeness (QED) is 0.294. The molecule has 0 bridgehead atoms. The summed E-state index contributed by atoms with van der Waals surface area (Å²) in [5.74, 6) is 1.76. The molecule has 1 atom stereocenters. The van der Waals surface area contributed by atoms with E-state index in [1.807, 2.05) is 31.3 Å². The molecule has 0 N–H and O–H groups in total. The summed E-state index contributed by atoms with van der Waals surface area (Å²) in [7, 11) is 1.83. The highest BCUT2D eigenvalue weighted by molar-refractivity contribution is 7.79. The largest absolute Gasteiger partial charge is 0.489 e. The van der Waals surface area contributed by atoms with Gasteiger partial charge in [0.05, 0.1) is 30.3 Å². The molecule has 2 aromatic heterocycles. The van der Waals surface area contributed by atoms with E-state index in [2.05, 4.69) is 28.1 Å². The highest BCUT2D eigenvalue weighted by Gasteiger charge is 2.14. The van der Waals surface area contributed by atoms with Gasteiger partial charge in [0.2, 0.25) is 11.6 Å². The van der Waals surface area contributed by atoms with Gasteiger partial charge >= 0.3 is 0 Å². The summed E-state index contributed by atoms with van der Waals surface area (Å²) in [6.45, 7) is 3.07. The Morgan fingerprint density at radius 2 is 2.18 bits per heavy atom. The number of carbonyl (C=O) groups excluding carboxylic acids is 1. The van der Waals surface area contributed by atoms with Gasteiger partial charge in [0.25, 0.3) is 0 Å². The van der Waals surface area contributed by atoms with Gasteiger partial charge in [-0.15, -0.1) is 5.10 Å². The van der Waals surface area contributed by atoms with Crippen LogP contribution >= 0.6 is 12.2 Å². The van der Waals surface area contributed by atoms with Gasteiger partial charge in [0.15, 0.2) is 11.6 Å². The van der Waals surface area contributed by atoms with Crippen LogP contribution < -0.4 is 9.64 Å². The van der Waals surface area contributed by atoms with E-state index < -0.39 is 0 Å². The molecular weight excluding hydrogens is 436 g/mol. The number of Topliss-reactive ketones (excluding diaryl/α,β-unsaturated/α-hetero) is 1. The van der Waals surface area contributed by atoms with Crippen molar-refractivity contribution >= 4 is 29.3 Å². The first-order valence-electron chi connectivity index (χ1n) is 10.7. The number of aromatic nitrogens is 4. The molecule has 1 aromatic carbocycles. The second-order valence-electron chi connectivity index (χ2n) is 7.85. The van der Waals surface area contributed by atoms with Crippen LogP contribution in [0.3, 0.4) is 0 Å². The topological polar surface area (TPSA) is 96.9 Å². The molecule has 33 heavy (non-hydrogen) atoms. The molecule has 0 saturated carbocycles. The van der Waals surface area contributed by atoms with Gasteiger partial charge < -0.3 is 9.64 Å². The number of ether oxygens (including phenoxy) is 1. The molecule has 0 spiro atoms. The third kappa shape index (κ3) is 6.92. The van der Waals surface area contributed by atoms with Gasteiger partial charge in [0.1, 0.15) is 6.33 Å². The zero-order chi connectivity index (χ0) is 23.6. The lowest BCUT2D eigenvalue weighted by Crippen LogP contribution is -2.17. The molecule has 2 heterocycles. The normalized spacial score (nSPS) is 11.4. The smallest absolute Gasteiger partial charge is 0.217 e. The van der Waals surface area contributed by atoms with Crippen LogP contribution in [0.2, 0.25) is 0 Å². The molecule has 0 fully saturated rings. The summed E-state index contributed by atoms with van der Waals surface area (Å²) in [5, 5.41) is 13.3. The van der Waals surface area contributed by atoms with Crippen molar-refractivity contribution < 1.29 is 9.53 Å². The third-order valence-corrected chi connectivity index (χ3v) is 5.37. The van der Waals surface area contributed by atoms with Gasteiger partial charge in [-0.05, 0) is 48.6 Å². The third-order valence-electron chi connectivity index (χ3n) is 5.05. The molecule has 3 aromatic rings. The number of hydrogen-bond acceptors (Lipinski definition) is 7. The maximum atomic E-state index is 12.5. The highest BCUT2D eigenvalue weighted by Crippen LogP contribution is 2.24. The fourth-order valence-corrected chi connectivity index (χ4v) is 3.37. The van der Waals surface area contributed by atoms with E-state index in [-0.39, 0.29) is 17.5 Å². The Balaban J connectivity index is 1.44. The summed E-state index contributed by atoms with van der Waals surface area (Å²) in [6, 6.07) is 13.1.